The van der Waals surface area contributed by atoms with Gasteiger partial charge in [-0.1, -0.05) is 55.5 Å². The molecule has 1 atom stereocenters. The van der Waals surface area contributed by atoms with Crippen molar-refractivity contribution in [2.24, 2.45) is 0 Å². The van der Waals surface area contributed by atoms with Crippen LogP contribution in [0.15, 0.2) is 78.9 Å². The zero-order valence-corrected chi connectivity index (χ0v) is 15.9. The lowest BCUT2D eigenvalue weighted by Crippen LogP contribution is -2.24. The van der Waals surface area contributed by atoms with Gasteiger partial charge < -0.3 is 9.47 Å². The predicted octanol–water partition coefficient (Wildman–Crippen LogP) is 5.47. The summed E-state index contributed by atoms with van der Waals surface area (Å²) in [5, 5.41) is 0. The highest BCUT2D eigenvalue weighted by atomic mass is 16.5. The second-order valence-corrected chi connectivity index (χ2v) is 6.41. The molecule has 0 fully saturated rings. The number of rotatable bonds is 7. The summed E-state index contributed by atoms with van der Waals surface area (Å²) in [7, 11) is 0. The molecule has 0 amide bonds. The normalized spacial score (nSPS) is 11.5. The quantitative estimate of drug-likeness (QED) is 0.406. The predicted molar refractivity (Wildman–Crippen MR) is 108 cm³/mol. The lowest BCUT2D eigenvalue weighted by atomic mass is 10.0. The molecule has 0 aromatic heterocycles. The zero-order chi connectivity index (χ0) is 19.9. The van der Waals surface area contributed by atoms with E-state index in [2.05, 4.69) is 6.92 Å². The fraction of sp³-hybridized carbons (Fsp3) is 0.167. The monoisotopic (exact) mass is 374 g/mol. The van der Waals surface area contributed by atoms with Crippen molar-refractivity contribution >= 4 is 11.8 Å². The van der Waals surface area contributed by atoms with E-state index in [1.807, 2.05) is 42.5 Å². The Morgan fingerprint density at radius 3 is 2.18 bits per heavy atom. The highest BCUT2D eigenvalue weighted by molar-refractivity contribution is 6.01. The molecule has 3 aromatic carbocycles. The third-order valence-corrected chi connectivity index (χ3v) is 4.35. The molecule has 0 saturated carbocycles. The van der Waals surface area contributed by atoms with Gasteiger partial charge in [-0.2, -0.15) is 0 Å². The van der Waals surface area contributed by atoms with E-state index in [9.17, 15) is 9.59 Å². The van der Waals surface area contributed by atoms with Gasteiger partial charge in [0.15, 0.2) is 6.10 Å². The van der Waals surface area contributed by atoms with Gasteiger partial charge in [0.25, 0.3) is 0 Å². The first-order valence-corrected chi connectivity index (χ1v) is 9.24. The molecule has 0 radical (unpaired) electrons. The fourth-order valence-electron chi connectivity index (χ4n) is 2.73. The second-order valence-electron chi connectivity index (χ2n) is 6.41. The van der Waals surface area contributed by atoms with Crippen LogP contribution in [-0.2, 0) is 11.2 Å². The van der Waals surface area contributed by atoms with Crippen LogP contribution in [0.1, 0.15) is 40.1 Å². The maximum Gasteiger partial charge on any atom is 0.338 e. The van der Waals surface area contributed by atoms with Gasteiger partial charge in [-0.05, 0) is 49.2 Å². The summed E-state index contributed by atoms with van der Waals surface area (Å²) >= 11 is 0. The zero-order valence-electron chi connectivity index (χ0n) is 15.9. The van der Waals surface area contributed by atoms with Gasteiger partial charge in [0.1, 0.15) is 11.5 Å². The molecule has 4 nitrogen and oxygen atoms in total. The molecule has 3 rings (SSSR count). The molecule has 0 N–H and O–H groups in total. The third kappa shape index (κ3) is 4.86. The van der Waals surface area contributed by atoms with Crippen molar-refractivity contribution in [3.05, 3.63) is 95.6 Å². The first-order valence-electron chi connectivity index (χ1n) is 9.24. The van der Waals surface area contributed by atoms with Crippen LogP contribution in [-0.4, -0.2) is 17.9 Å². The molecule has 0 bridgehead atoms. The van der Waals surface area contributed by atoms with E-state index < -0.39 is 12.1 Å². The lowest BCUT2D eigenvalue weighted by Gasteiger charge is -2.13. The molecule has 0 unspecified atom stereocenters. The Morgan fingerprint density at radius 2 is 1.50 bits per heavy atom. The van der Waals surface area contributed by atoms with E-state index in [0.29, 0.717) is 22.6 Å². The van der Waals surface area contributed by atoms with Crippen LogP contribution in [0.3, 0.4) is 0 Å². The SMILES string of the molecule is CCc1ccc(C(=O)[C@H](C)OC(=O)c2cccc(Oc3ccccc3)c2)cc1. The summed E-state index contributed by atoms with van der Waals surface area (Å²) in [6.07, 6.45) is 0.0270. The maximum atomic E-state index is 12.5. The van der Waals surface area contributed by atoms with Crippen molar-refractivity contribution in [3.8, 4) is 11.5 Å². The largest absolute Gasteiger partial charge is 0.457 e. The molecule has 0 aliphatic heterocycles. The van der Waals surface area contributed by atoms with Crippen LogP contribution >= 0.6 is 0 Å². The topological polar surface area (TPSA) is 52.6 Å². The number of benzene rings is 3. The van der Waals surface area contributed by atoms with Crippen LogP contribution in [0.25, 0.3) is 0 Å². The number of ketones is 1. The molecule has 0 saturated heterocycles. The average Bonchev–Trinajstić information content (AvgIpc) is 2.74. The summed E-state index contributed by atoms with van der Waals surface area (Å²) in [6.45, 7) is 3.63. The minimum Gasteiger partial charge on any atom is -0.457 e. The van der Waals surface area contributed by atoms with Gasteiger partial charge in [0.05, 0.1) is 5.56 Å². The van der Waals surface area contributed by atoms with Crippen molar-refractivity contribution in [1.82, 2.24) is 0 Å². The van der Waals surface area contributed by atoms with Gasteiger partial charge in [-0.15, -0.1) is 0 Å². The van der Waals surface area contributed by atoms with E-state index >= 15 is 0 Å². The fourth-order valence-corrected chi connectivity index (χ4v) is 2.73. The van der Waals surface area contributed by atoms with Gasteiger partial charge >= 0.3 is 5.97 Å². The number of esters is 1. The van der Waals surface area contributed by atoms with Crippen molar-refractivity contribution in [1.29, 1.82) is 0 Å². The Kier molecular flexibility index (Phi) is 6.22. The summed E-state index contributed by atoms with van der Waals surface area (Å²) < 4.78 is 11.1. The number of Topliss-reactive ketones (excluding diaryl/α,β-unsaturated/α-hetero) is 1. The first-order chi connectivity index (χ1) is 13.6. The minimum absolute atomic E-state index is 0.229. The Balaban J connectivity index is 1.66. The number of carbonyl (C=O) groups is 2. The average molecular weight is 374 g/mol. The van der Waals surface area contributed by atoms with Crippen molar-refractivity contribution in [2.75, 3.05) is 0 Å². The Hall–Kier alpha value is -3.40. The molecule has 0 aliphatic rings. The first kappa shape index (κ1) is 19.4. The van der Waals surface area contributed by atoms with E-state index in [1.165, 1.54) is 0 Å². The molecule has 142 valence electrons. The second kappa shape index (κ2) is 9.00. The van der Waals surface area contributed by atoms with E-state index in [0.717, 1.165) is 12.0 Å². The maximum absolute atomic E-state index is 12.5. The third-order valence-electron chi connectivity index (χ3n) is 4.35. The van der Waals surface area contributed by atoms with E-state index in [-0.39, 0.29) is 5.78 Å². The molecule has 4 heteroatoms. The molecule has 0 heterocycles. The summed E-state index contributed by atoms with van der Waals surface area (Å²) in [6, 6.07) is 23.3. The molecular weight excluding hydrogens is 352 g/mol. The van der Waals surface area contributed by atoms with Gasteiger partial charge in [0.2, 0.25) is 5.78 Å². The number of hydrogen-bond acceptors (Lipinski definition) is 4. The summed E-state index contributed by atoms with van der Waals surface area (Å²) in [5.74, 6) is 0.402. The smallest absolute Gasteiger partial charge is 0.338 e. The Bertz CT molecular complexity index is 946. The minimum atomic E-state index is -0.876. The van der Waals surface area contributed by atoms with E-state index in [4.69, 9.17) is 9.47 Å². The van der Waals surface area contributed by atoms with Crippen LogP contribution in [0.2, 0.25) is 0 Å². The van der Waals surface area contributed by atoms with Crippen LogP contribution < -0.4 is 4.74 Å². The molecule has 0 spiro atoms. The van der Waals surface area contributed by atoms with Crippen LogP contribution in [0.5, 0.6) is 11.5 Å². The van der Waals surface area contributed by atoms with Gasteiger partial charge in [-0.25, -0.2) is 4.79 Å². The summed E-state index contributed by atoms with van der Waals surface area (Å²) in [5.41, 5.74) is 2.00. The highest BCUT2D eigenvalue weighted by Gasteiger charge is 2.20. The lowest BCUT2D eigenvalue weighted by molar-refractivity contribution is 0.0318. The van der Waals surface area contributed by atoms with Gasteiger partial charge in [-0.3, -0.25) is 4.79 Å². The standard InChI is InChI=1S/C24H22O4/c1-3-18-12-14-19(15-13-18)23(25)17(2)27-24(26)20-8-7-11-22(16-20)28-21-9-5-4-6-10-21/h4-17H,3H2,1-2H3/t17-/m0/s1. The number of ether oxygens (including phenoxy) is 2. The van der Waals surface area contributed by atoms with Crippen molar-refractivity contribution in [2.45, 2.75) is 26.4 Å². The number of hydrogen-bond donors (Lipinski definition) is 0. The molecule has 0 aliphatic carbocycles. The van der Waals surface area contributed by atoms with Crippen molar-refractivity contribution in [3.63, 3.8) is 0 Å². The Morgan fingerprint density at radius 1 is 0.821 bits per heavy atom. The van der Waals surface area contributed by atoms with Crippen LogP contribution in [0, 0.1) is 0 Å². The number of carbonyl (C=O) groups excluding carboxylic acids is 2. The number of aryl methyl sites for hydroxylation is 1. The number of para-hydroxylation sites is 1. The van der Waals surface area contributed by atoms with Crippen molar-refractivity contribution < 1.29 is 19.1 Å². The highest BCUT2D eigenvalue weighted by Crippen LogP contribution is 2.22. The van der Waals surface area contributed by atoms with E-state index in [1.54, 1.807) is 43.3 Å². The molecule has 28 heavy (non-hydrogen) atoms. The summed E-state index contributed by atoms with van der Waals surface area (Å²) in [4.78, 5) is 25.0. The molecule has 3 aromatic rings. The molecular formula is C24H22O4. The Labute approximate surface area is 164 Å². The van der Waals surface area contributed by atoms with Crippen LogP contribution in [0.4, 0.5) is 0 Å². The van der Waals surface area contributed by atoms with Gasteiger partial charge in [0, 0.05) is 5.56 Å².